The van der Waals surface area contributed by atoms with Gasteiger partial charge in [0.25, 0.3) is 10.1 Å². The first-order chi connectivity index (χ1) is 12.5. The number of hydrogen-bond acceptors (Lipinski definition) is 4. The van der Waals surface area contributed by atoms with Gasteiger partial charge in [-0.25, -0.2) is 0 Å². The molecular weight excluding hydrogens is 395 g/mol. The van der Waals surface area contributed by atoms with Crippen molar-refractivity contribution in [3.63, 3.8) is 0 Å². The second-order valence-electron chi connectivity index (χ2n) is 7.16. The first kappa shape index (κ1) is 32.5. The second kappa shape index (κ2) is 20.1. The Kier molecular flexibility index (Phi) is 23.4. The van der Waals surface area contributed by atoms with Gasteiger partial charge in [0.2, 0.25) is 0 Å². The first-order valence-electron chi connectivity index (χ1n) is 9.72. The summed E-state index contributed by atoms with van der Waals surface area (Å²) in [4.78, 5) is 20.0. The Morgan fingerprint density at radius 3 is 1.50 bits per heavy atom. The average Bonchev–Trinajstić information content (AvgIpc) is 2.53. The molecule has 0 aliphatic carbocycles. The summed E-state index contributed by atoms with van der Waals surface area (Å²) in [5, 5.41) is 13.9. The molecule has 7 nitrogen and oxygen atoms in total. The van der Waals surface area contributed by atoms with Crippen molar-refractivity contribution in [2.75, 3.05) is 0 Å². The summed E-state index contributed by atoms with van der Waals surface area (Å²) in [7, 11) is -4.84. The van der Waals surface area contributed by atoms with Crippen molar-refractivity contribution in [1.29, 1.82) is 0 Å². The molecule has 0 radical (unpaired) electrons. The predicted molar refractivity (Wildman–Crippen MR) is 106 cm³/mol. The van der Waals surface area contributed by atoms with Gasteiger partial charge in [0.15, 0.2) is 5.25 Å². The molecule has 0 aliphatic rings. The van der Waals surface area contributed by atoms with Crippen molar-refractivity contribution in [3.05, 3.63) is 6.92 Å². The maximum Gasteiger partial charge on any atom is 1.00 e. The van der Waals surface area contributed by atoms with Gasteiger partial charge in [0.05, 0.1) is 6.42 Å². The van der Waals surface area contributed by atoms with E-state index in [0.717, 1.165) is 12.3 Å². The Balaban J connectivity index is -0.000000441. The van der Waals surface area contributed by atoms with Crippen LogP contribution in [0.1, 0.15) is 90.9 Å². The molecule has 0 aliphatic heterocycles. The Morgan fingerprint density at radius 2 is 1.25 bits per heavy atom. The largest absolute Gasteiger partial charge is 1.00 e. The molecule has 28 heavy (non-hydrogen) atoms. The zero-order valence-electron chi connectivity index (χ0n) is 17.7. The zero-order valence-corrected chi connectivity index (χ0v) is 20.5. The molecule has 0 spiro atoms. The van der Waals surface area contributed by atoms with Gasteiger partial charge >= 0.3 is 41.5 Å². The maximum atomic E-state index is 10.2. The molecule has 0 fully saturated rings. The maximum absolute atomic E-state index is 10.2. The summed E-state index contributed by atoms with van der Waals surface area (Å²) in [6.45, 7) is 8.51. The fourth-order valence-electron chi connectivity index (χ4n) is 2.45. The van der Waals surface area contributed by atoms with Crippen LogP contribution in [0.15, 0.2) is 0 Å². The summed E-state index contributed by atoms with van der Waals surface area (Å²) in [5.74, 6) is -2.60. The molecule has 0 heterocycles. The third-order valence-electron chi connectivity index (χ3n) is 4.03. The van der Waals surface area contributed by atoms with E-state index in [2.05, 4.69) is 20.8 Å². The molecule has 0 amide bonds. The molecule has 0 saturated carbocycles. The molecule has 0 bridgehead atoms. The normalized spacial score (nSPS) is 11.9. The van der Waals surface area contributed by atoms with Gasteiger partial charge in [-0.05, 0) is 5.92 Å². The quantitative estimate of drug-likeness (QED) is 0.155. The van der Waals surface area contributed by atoms with E-state index in [0.29, 0.717) is 0 Å². The third-order valence-corrected chi connectivity index (χ3v) is 5.11. The van der Waals surface area contributed by atoms with Crippen molar-refractivity contribution < 1.29 is 62.3 Å². The van der Waals surface area contributed by atoms with Crippen LogP contribution in [-0.4, -0.2) is 40.4 Å². The molecule has 0 aromatic carbocycles. The van der Waals surface area contributed by atoms with Crippen molar-refractivity contribution in [3.8, 4) is 0 Å². The fourth-order valence-corrected chi connectivity index (χ4v) is 3.05. The summed E-state index contributed by atoms with van der Waals surface area (Å²) >= 11 is 0. The van der Waals surface area contributed by atoms with Gasteiger partial charge in [-0.3, -0.25) is 14.1 Å². The summed E-state index contributed by atoms with van der Waals surface area (Å²) < 4.78 is 28.7. The van der Waals surface area contributed by atoms with Crippen LogP contribution in [0.25, 0.3) is 0 Å². The topological polar surface area (TPSA) is 129 Å². The number of unbranched alkanes of at least 4 members (excludes halogenated alkanes) is 9. The van der Waals surface area contributed by atoms with Crippen LogP contribution < -0.4 is 29.6 Å². The number of carbonyl (C=O) groups is 2. The van der Waals surface area contributed by atoms with Crippen LogP contribution in [0.2, 0.25) is 0 Å². The van der Waals surface area contributed by atoms with E-state index in [1.54, 1.807) is 0 Å². The summed E-state index contributed by atoms with van der Waals surface area (Å²) in [5.41, 5.74) is 0. The molecule has 1 atom stereocenters. The standard InChI is InChI=1S/C15H31.C4H6O7S.Na/c1-4-5-6-7-8-9-10-11-12-13-14-15(2)3;5-3(6)1-2(4(7)8)12(9,10)11;/h15H,1,4-14H2,2-3H3;2H,1H2,(H,5,6)(H,7,8)(H,9,10,11);/q-1;;+1. The molecule has 0 rings (SSSR count). The monoisotopic (exact) mass is 432 g/mol. The van der Waals surface area contributed by atoms with Crippen molar-refractivity contribution >= 4 is 22.1 Å². The van der Waals surface area contributed by atoms with Gasteiger partial charge < -0.3 is 17.1 Å². The van der Waals surface area contributed by atoms with E-state index in [1.165, 1.54) is 64.2 Å². The number of carboxylic acids is 2. The molecule has 0 saturated heterocycles. The van der Waals surface area contributed by atoms with E-state index in [-0.39, 0.29) is 29.6 Å². The van der Waals surface area contributed by atoms with Gasteiger partial charge in [0, 0.05) is 0 Å². The van der Waals surface area contributed by atoms with E-state index in [4.69, 9.17) is 14.8 Å². The van der Waals surface area contributed by atoms with Crippen LogP contribution in [0, 0.1) is 12.8 Å². The first-order valence-corrected chi connectivity index (χ1v) is 11.2. The second-order valence-corrected chi connectivity index (χ2v) is 8.76. The predicted octanol–water partition coefficient (Wildman–Crippen LogP) is 1.57. The van der Waals surface area contributed by atoms with E-state index in [9.17, 15) is 18.0 Å². The Morgan fingerprint density at radius 1 is 0.857 bits per heavy atom. The summed E-state index contributed by atoms with van der Waals surface area (Å²) in [6, 6.07) is 0. The van der Waals surface area contributed by atoms with Gasteiger partial charge in [-0.15, -0.1) is 0 Å². The van der Waals surface area contributed by atoms with Crippen LogP contribution in [0.3, 0.4) is 0 Å². The zero-order chi connectivity index (χ0) is 21.3. The van der Waals surface area contributed by atoms with E-state index < -0.39 is 33.7 Å². The SMILES string of the molecule is O=C(O)CC(C(=O)O)S(=O)(=O)O.[CH2-]CCCCCCCCCCCC(C)C.[Na+]. The van der Waals surface area contributed by atoms with Crippen LogP contribution >= 0.6 is 0 Å². The molecule has 3 N–H and O–H groups in total. The minimum atomic E-state index is -4.84. The van der Waals surface area contributed by atoms with Crippen LogP contribution in [0.5, 0.6) is 0 Å². The van der Waals surface area contributed by atoms with Crippen LogP contribution in [0.4, 0.5) is 0 Å². The molecule has 0 aromatic rings. The average molecular weight is 433 g/mol. The minimum absolute atomic E-state index is 0. The van der Waals surface area contributed by atoms with Gasteiger partial charge in [-0.2, -0.15) is 14.8 Å². The Hall–Kier alpha value is -0.150. The van der Waals surface area contributed by atoms with Crippen LogP contribution in [-0.2, 0) is 19.7 Å². The van der Waals surface area contributed by atoms with Crippen molar-refractivity contribution in [2.24, 2.45) is 5.92 Å². The third kappa shape index (κ3) is 23.9. The van der Waals surface area contributed by atoms with Gasteiger partial charge in [0.1, 0.15) is 0 Å². The number of carboxylic acid groups (broad SMARTS) is 2. The molecular formula is C19H37NaO7S. The smallest absolute Gasteiger partial charge is 0.481 e. The van der Waals surface area contributed by atoms with Crippen molar-refractivity contribution in [1.82, 2.24) is 0 Å². The molecule has 1 unspecified atom stereocenters. The molecule has 162 valence electrons. The van der Waals surface area contributed by atoms with E-state index >= 15 is 0 Å². The Labute approximate surface area is 192 Å². The number of hydrogen-bond donors (Lipinski definition) is 3. The van der Waals surface area contributed by atoms with Gasteiger partial charge in [-0.1, -0.05) is 78.1 Å². The minimum Gasteiger partial charge on any atom is -0.481 e. The molecule has 0 aromatic heterocycles. The number of rotatable bonds is 15. The molecule has 9 heteroatoms. The number of aliphatic carboxylic acids is 2. The van der Waals surface area contributed by atoms with E-state index in [1.807, 2.05) is 0 Å². The summed E-state index contributed by atoms with van der Waals surface area (Å²) in [6.07, 6.45) is 14.3. The van der Waals surface area contributed by atoms with Crippen molar-refractivity contribution in [2.45, 2.75) is 96.1 Å². The Bertz CT molecular complexity index is 493. The fraction of sp³-hybridized carbons (Fsp3) is 0.842.